The fourth-order valence-electron chi connectivity index (χ4n) is 2.35. The van der Waals surface area contributed by atoms with E-state index in [1.807, 2.05) is 6.07 Å². The smallest absolute Gasteiger partial charge is 0.303 e. The summed E-state index contributed by atoms with van der Waals surface area (Å²) in [7, 11) is 0. The first-order valence-corrected chi connectivity index (χ1v) is 6.37. The van der Waals surface area contributed by atoms with Crippen LogP contribution >= 0.6 is 0 Å². The average molecular weight is 248 g/mol. The van der Waals surface area contributed by atoms with Gasteiger partial charge >= 0.3 is 5.97 Å². The van der Waals surface area contributed by atoms with E-state index in [1.54, 1.807) is 0 Å². The zero-order valence-electron chi connectivity index (χ0n) is 11.2. The molecule has 0 radical (unpaired) electrons. The molecule has 1 aromatic carbocycles. The third kappa shape index (κ3) is 2.66. The SMILES string of the molecule is CC(C)(C)c1ccc2c(c1)C(CC(=O)O)CCO2. The molecule has 1 aliphatic rings. The first-order chi connectivity index (χ1) is 8.38. The predicted octanol–water partition coefficient (Wildman–Crippen LogP) is 3.32. The van der Waals surface area contributed by atoms with Crippen molar-refractivity contribution in [2.75, 3.05) is 6.61 Å². The van der Waals surface area contributed by atoms with Gasteiger partial charge in [-0.25, -0.2) is 0 Å². The molecule has 0 aromatic heterocycles. The van der Waals surface area contributed by atoms with E-state index in [0.717, 1.165) is 17.7 Å². The monoisotopic (exact) mass is 248 g/mol. The van der Waals surface area contributed by atoms with Crippen LogP contribution in [0.2, 0.25) is 0 Å². The number of carboxylic acid groups (broad SMARTS) is 1. The van der Waals surface area contributed by atoms with Gasteiger partial charge in [0.25, 0.3) is 0 Å². The van der Waals surface area contributed by atoms with Crippen LogP contribution in [0.15, 0.2) is 18.2 Å². The molecule has 0 saturated carbocycles. The van der Waals surface area contributed by atoms with Gasteiger partial charge in [0.2, 0.25) is 0 Å². The minimum atomic E-state index is -0.742. The van der Waals surface area contributed by atoms with Crippen molar-refractivity contribution in [3.05, 3.63) is 29.3 Å². The van der Waals surface area contributed by atoms with Gasteiger partial charge in [0, 0.05) is 5.92 Å². The molecule has 2 rings (SSSR count). The molecule has 0 fully saturated rings. The Morgan fingerprint density at radius 1 is 1.44 bits per heavy atom. The maximum atomic E-state index is 10.9. The Kier molecular flexibility index (Phi) is 3.33. The second kappa shape index (κ2) is 4.63. The Bertz CT molecular complexity index is 457. The minimum Gasteiger partial charge on any atom is -0.493 e. The van der Waals surface area contributed by atoms with Crippen LogP contribution in [0, 0.1) is 0 Å². The van der Waals surface area contributed by atoms with E-state index in [-0.39, 0.29) is 17.8 Å². The lowest BCUT2D eigenvalue weighted by Gasteiger charge is -2.28. The quantitative estimate of drug-likeness (QED) is 0.873. The number of hydrogen-bond acceptors (Lipinski definition) is 2. The molecule has 1 N–H and O–H groups in total. The van der Waals surface area contributed by atoms with Crippen molar-refractivity contribution in [3.63, 3.8) is 0 Å². The number of hydrogen-bond donors (Lipinski definition) is 1. The van der Waals surface area contributed by atoms with E-state index in [0.29, 0.717) is 6.61 Å². The Balaban J connectivity index is 2.38. The number of benzene rings is 1. The number of aliphatic carboxylic acids is 1. The number of carboxylic acids is 1. The summed E-state index contributed by atoms with van der Waals surface area (Å²) < 4.78 is 5.61. The van der Waals surface area contributed by atoms with Crippen LogP contribution in [0.4, 0.5) is 0 Å². The molecule has 98 valence electrons. The van der Waals surface area contributed by atoms with Gasteiger partial charge in [-0.05, 0) is 29.0 Å². The molecule has 3 heteroatoms. The zero-order chi connectivity index (χ0) is 13.3. The fraction of sp³-hybridized carbons (Fsp3) is 0.533. The predicted molar refractivity (Wildman–Crippen MR) is 70.2 cm³/mol. The summed E-state index contributed by atoms with van der Waals surface area (Å²) in [5.41, 5.74) is 2.35. The molecule has 1 atom stereocenters. The zero-order valence-corrected chi connectivity index (χ0v) is 11.2. The number of carbonyl (C=O) groups is 1. The van der Waals surface area contributed by atoms with Crippen LogP contribution in [0.5, 0.6) is 5.75 Å². The van der Waals surface area contributed by atoms with E-state index < -0.39 is 5.97 Å². The minimum absolute atomic E-state index is 0.0697. The van der Waals surface area contributed by atoms with Crippen molar-refractivity contribution < 1.29 is 14.6 Å². The topological polar surface area (TPSA) is 46.5 Å². The van der Waals surface area contributed by atoms with Gasteiger partial charge in [0.05, 0.1) is 13.0 Å². The summed E-state index contributed by atoms with van der Waals surface area (Å²) in [6.45, 7) is 7.08. The summed E-state index contributed by atoms with van der Waals surface area (Å²) in [6, 6.07) is 6.16. The van der Waals surface area contributed by atoms with E-state index in [1.165, 1.54) is 5.56 Å². The highest BCUT2D eigenvalue weighted by molar-refractivity contribution is 5.68. The second-order valence-electron chi connectivity index (χ2n) is 5.93. The highest BCUT2D eigenvalue weighted by Gasteiger charge is 2.25. The molecule has 1 unspecified atom stereocenters. The van der Waals surface area contributed by atoms with Crippen molar-refractivity contribution in [3.8, 4) is 5.75 Å². The molecule has 1 aromatic rings. The van der Waals surface area contributed by atoms with E-state index in [2.05, 4.69) is 32.9 Å². The van der Waals surface area contributed by atoms with Crippen molar-refractivity contribution >= 4 is 5.97 Å². The van der Waals surface area contributed by atoms with Gasteiger partial charge in [-0.1, -0.05) is 32.9 Å². The van der Waals surface area contributed by atoms with E-state index in [9.17, 15) is 4.79 Å². The van der Waals surface area contributed by atoms with Crippen LogP contribution in [-0.4, -0.2) is 17.7 Å². The summed E-state index contributed by atoms with van der Waals surface area (Å²) in [5, 5.41) is 8.98. The van der Waals surface area contributed by atoms with Crippen molar-refractivity contribution in [2.24, 2.45) is 0 Å². The summed E-state index contributed by atoms with van der Waals surface area (Å²) in [6.07, 6.45) is 0.969. The standard InChI is InChI=1S/C15H20O3/c1-15(2,3)11-4-5-13-12(9-11)10(6-7-18-13)8-14(16)17/h4-5,9-10H,6-8H2,1-3H3,(H,16,17). The summed E-state index contributed by atoms with van der Waals surface area (Å²) >= 11 is 0. The van der Waals surface area contributed by atoms with Crippen LogP contribution < -0.4 is 4.74 Å². The van der Waals surface area contributed by atoms with E-state index in [4.69, 9.17) is 9.84 Å². The first-order valence-electron chi connectivity index (χ1n) is 6.37. The molecule has 1 heterocycles. The number of ether oxygens (including phenoxy) is 1. The van der Waals surface area contributed by atoms with Crippen LogP contribution in [-0.2, 0) is 10.2 Å². The second-order valence-corrected chi connectivity index (χ2v) is 5.93. The van der Waals surface area contributed by atoms with Gasteiger partial charge < -0.3 is 9.84 Å². The van der Waals surface area contributed by atoms with Gasteiger partial charge in [-0.3, -0.25) is 4.79 Å². The van der Waals surface area contributed by atoms with Crippen molar-refractivity contribution in [2.45, 2.75) is 44.9 Å². The van der Waals surface area contributed by atoms with Gasteiger partial charge in [-0.15, -0.1) is 0 Å². The van der Waals surface area contributed by atoms with Gasteiger partial charge in [-0.2, -0.15) is 0 Å². The van der Waals surface area contributed by atoms with Crippen LogP contribution in [0.3, 0.4) is 0 Å². The molecule has 0 spiro atoms. The van der Waals surface area contributed by atoms with Gasteiger partial charge in [0.1, 0.15) is 5.75 Å². The highest BCUT2D eigenvalue weighted by Crippen LogP contribution is 2.38. The summed E-state index contributed by atoms with van der Waals surface area (Å²) in [4.78, 5) is 10.9. The Morgan fingerprint density at radius 2 is 2.17 bits per heavy atom. The third-order valence-electron chi connectivity index (χ3n) is 3.46. The van der Waals surface area contributed by atoms with E-state index >= 15 is 0 Å². The highest BCUT2D eigenvalue weighted by atomic mass is 16.5. The molecule has 1 aliphatic heterocycles. The lowest BCUT2D eigenvalue weighted by atomic mass is 9.82. The largest absolute Gasteiger partial charge is 0.493 e. The Morgan fingerprint density at radius 3 is 2.78 bits per heavy atom. The molecular weight excluding hydrogens is 228 g/mol. The molecule has 3 nitrogen and oxygen atoms in total. The molecular formula is C15H20O3. The average Bonchev–Trinajstić information content (AvgIpc) is 2.27. The molecule has 0 saturated heterocycles. The Hall–Kier alpha value is -1.51. The molecule has 0 aliphatic carbocycles. The first kappa shape index (κ1) is 12.9. The summed E-state index contributed by atoms with van der Waals surface area (Å²) in [5.74, 6) is 0.183. The van der Waals surface area contributed by atoms with Crippen LogP contribution in [0.25, 0.3) is 0 Å². The third-order valence-corrected chi connectivity index (χ3v) is 3.46. The van der Waals surface area contributed by atoms with Crippen LogP contribution in [0.1, 0.15) is 50.7 Å². The molecule has 0 amide bonds. The maximum Gasteiger partial charge on any atom is 0.303 e. The number of rotatable bonds is 2. The lowest BCUT2D eigenvalue weighted by molar-refractivity contribution is -0.137. The maximum absolute atomic E-state index is 10.9. The fourth-order valence-corrected chi connectivity index (χ4v) is 2.35. The van der Waals surface area contributed by atoms with Crippen molar-refractivity contribution in [1.82, 2.24) is 0 Å². The Labute approximate surface area is 108 Å². The molecule has 18 heavy (non-hydrogen) atoms. The normalized spacial score (nSPS) is 18.9. The van der Waals surface area contributed by atoms with Crippen molar-refractivity contribution in [1.29, 1.82) is 0 Å². The molecule has 0 bridgehead atoms. The lowest BCUT2D eigenvalue weighted by Crippen LogP contribution is -2.19. The number of fused-ring (bicyclic) bond motifs is 1. The van der Waals surface area contributed by atoms with Gasteiger partial charge in [0.15, 0.2) is 0 Å².